The average molecular weight is 499 g/mol. The van der Waals surface area contributed by atoms with Crippen LogP contribution in [0, 0.1) is 15.9 Å². The quantitative estimate of drug-likeness (QED) is 0.375. The predicted molar refractivity (Wildman–Crippen MR) is 130 cm³/mol. The molecular formula is C24H20ClFN4O5. The number of hydrogen-bond donors (Lipinski definition) is 2. The lowest BCUT2D eigenvalue weighted by atomic mass is 10.1. The molecule has 2 amide bonds. The number of nitrogens with zero attached hydrogens (tertiary/aromatic N) is 2. The van der Waals surface area contributed by atoms with Crippen molar-refractivity contribution in [2.24, 2.45) is 0 Å². The van der Waals surface area contributed by atoms with Crippen molar-refractivity contribution in [3.63, 3.8) is 0 Å². The van der Waals surface area contributed by atoms with Crippen LogP contribution in [-0.2, 0) is 4.74 Å². The molecule has 3 aromatic rings. The zero-order valence-electron chi connectivity index (χ0n) is 18.3. The van der Waals surface area contributed by atoms with Crippen LogP contribution in [0.3, 0.4) is 0 Å². The number of ether oxygens (including phenoxy) is 1. The summed E-state index contributed by atoms with van der Waals surface area (Å²) in [5.41, 5.74) is 0.765. The van der Waals surface area contributed by atoms with Gasteiger partial charge < -0.3 is 20.3 Å². The number of nitrogens with one attached hydrogen (secondary N) is 2. The van der Waals surface area contributed by atoms with Crippen LogP contribution in [-0.4, -0.2) is 43.0 Å². The molecule has 11 heteroatoms. The van der Waals surface area contributed by atoms with E-state index < -0.39 is 22.6 Å². The van der Waals surface area contributed by atoms with Crippen molar-refractivity contribution in [2.75, 3.05) is 41.8 Å². The summed E-state index contributed by atoms with van der Waals surface area (Å²) in [5, 5.41) is 16.0. The standard InChI is InChI=1S/C24H20ClFN4O5/c25-19-14-16(30(33)34)6-7-17(19)23(31)28-21-4-2-1-3-18(21)24(32)27-15-5-8-22(20(26)13-15)29-9-11-35-12-10-29/h1-8,13-14H,9-12H2,(H,27,32)(H,28,31). The fourth-order valence-corrected chi connectivity index (χ4v) is 3.89. The third-order valence-electron chi connectivity index (χ3n) is 5.39. The number of non-ortho nitro benzene ring substituents is 1. The van der Waals surface area contributed by atoms with Crippen LogP contribution in [0.15, 0.2) is 60.7 Å². The van der Waals surface area contributed by atoms with E-state index >= 15 is 0 Å². The van der Waals surface area contributed by atoms with Crippen LogP contribution < -0.4 is 15.5 Å². The highest BCUT2D eigenvalue weighted by atomic mass is 35.5. The second-order valence-electron chi connectivity index (χ2n) is 7.64. The normalized spacial score (nSPS) is 13.3. The number of anilines is 3. The van der Waals surface area contributed by atoms with E-state index in [1.165, 1.54) is 24.3 Å². The van der Waals surface area contributed by atoms with E-state index in [-0.39, 0.29) is 33.2 Å². The molecule has 35 heavy (non-hydrogen) atoms. The minimum Gasteiger partial charge on any atom is -0.378 e. The van der Waals surface area contributed by atoms with Crippen molar-refractivity contribution in [1.29, 1.82) is 0 Å². The minimum atomic E-state index is -0.647. The topological polar surface area (TPSA) is 114 Å². The van der Waals surface area contributed by atoms with Gasteiger partial charge in [0.05, 0.1) is 45.7 Å². The molecule has 4 rings (SSSR count). The Balaban J connectivity index is 1.50. The van der Waals surface area contributed by atoms with Crippen molar-refractivity contribution >= 4 is 46.2 Å². The van der Waals surface area contributed by atoms with Crippen LogP contribution in [0.25, 0.3) is 0 Å². The Morgan fingerprint density at radius 3 is 2.37 bits per heavy atom. The number of hydrogen-bond acceptors (Lipinski definition) is 6. The lowest BCUT2D eigenvalue weighted by Gasteiger charge is -2.29. The fourth-order valence-electron chi connectivity index (χ4n) is 3.63. The second-order valence-corrected chi connectivity index (χ2v) is 8.05. The third kappa shape index (κ3) is 5.56. The van der Waals surface area contributed by atoms with Crippen LogP contribution in [0.5, 0.6) is 0 Å². The van der Waals surface area contributed by atoms with Crippen LogP contribution in [0.1, 0.15) is 20.7 Å². The van der Waals surface area contributed by atoms with Crippen LogP contribution in [0.2, 0.25) is 5.02 Å². The molecule has 0 saturated carbocycles. The molecule has 1 saturated heterocycles. The van der Waals surface area contributed by atoms with Crippen molar-refractivity contribution in [3.8, 4) is 0 Å². The largest absolute Gasteiger partial charge is 0.378 e. The Kier molecular flexibility index (Phi) is 7.23. The molecule has 3 aromatic carbocycles. The second kappa shape index (κ2) is 10.5. The highest BCUT2D eigenvalue weighted by molar-refractivity contribution is 6.34. The van der Waals surface area contributed by atoms with Crippen LogP contribution in [0.4, 0.5) is 27.1 Å². The van der Waals surface area contributed by atoms with E-state index in [2.05, 4.69) is 10.6 Å². The summed E-state index contributed by atoms with van der Waals surface area (Å²) in [6, 6.07) is 14.2. The van der Waals surface area contributed by atoms with E-state index in [0.29, 0.717) is 32.0 Å². The number of carbonyl (C=O) groups is 2. The summed E-state index contributed by atoms with van der Waals surface area (Å²) in [6.45, 7) is 2.19. The molecule has 1 aliphatic heterocycles. The van der Waals surface area contributed by atoms with Gasteiger partial charge in [-0.15, -0.1) is 0 Å². The van der Waals surface area contributed by atoms with E-state index in [0.717, 1.165) is 12.1 Å². The van der Waals surface area contributed by atoms with Gasteiger partial charge in [-0.3, -0.25) is 19.7 Å². The number of halogens is 2. The first-order chi connectivity index (χ1) is 16.8. The number of nitro groups is 1. The first kappa shape index (κ1) is 24.1. The van der Waals surface area contributed by atoms with Gasteiger partial charge in [-0.1, -0.05) is 23.7 Å². The lowest BCUT2D eigenvalue weighted by Crippen LogP contribution is -2.36. The number of nitro benzene ring substituents is 1. The predicted octanol–water partition coefficient (Wildman–Crippen LogP) is 4.73. The zero-order chi connectivity index (χ0) is 24.9. The highest BCUT2D eigenvalue weighted by Gasteiger charge is 2.19. The maximum atomic E-state index is 14.7. The van der Waals surface area contributed by atoms with Gasteiger partial charge in [0.15, 0.2) is 0 Å². The minimum absolute atomic E-state index is 0.00764. The molecule has 0 bridgehead atoms. The SMILES string of the molecule is O=C(Nc1ccccc1C(=O)Nc1ccc(N2CCOCC2)c(F)c1)c1ccc([N+](=O)[O-])cc1Cl. The van der Waals surface area contributed by atoms with E-state index in [1.807, 2.05) is 4.90 Å². The molecule has 0 spiro atoms. The number of para-hydroxylation sites is 1. The Labute approximate surface area is 204 Å². The van der Waals surface area contributed by atoms with Gasteiger partial charge in [-0.25, -0.2) is 4.39 Å². The summed E-state index contributed by atoms with van der Waals surface area (Å²) in [4.78, 5) is 37.8. The van der Waals surface area contributed by atoms with E-state index in [4.69, 9.17) is 16.3 Å². The van der Waals surface area contributed by atoms with Gasteiger partial charge in [-0.2, -0.15) is 0 Å². The smallest absolute Gasteiger partial charge is 0.270 e. The molecule has 0 radical (unpaired) electrons. The third-order valence-corrected chi connectivity index (χ3v) is 5.70. The molecule has 9 nitrogen and oxygen atoms in total. The van der Waals surface area contributed by atoms with Crippen LogP contribution >= 0.6 is 11.6 Å². The summed E-state index contributed by atoms with van der Waals surface area (Å²) < 4.78 is 20.0. The fraction of sp³-hybridized carbons (Fsp3) is 0.167. The Morgan fingerprint density at radius 1 is 0.971 bits per heavy atom. The summed E-state index contributed by atoms with van der Waals surface area (Å²) in [7, 11) is 0. The van der Waals surface area contributed by atoms with Crippen molar-refractivity contribution in [2.45, 2.75) is 0 Å². The molecule has 180 valence electrons. The van der Waals surface area contributed by atoms with Crippen molar-refractivity contribution in [1.82, 2.24) is 0 Å². The van der Waals surface area contributed by atoms with Gasteiger partial charge in [-0.05, 0) is 36.4 Å². The lowest BCUT2D eigenvalue weighted by molar-refractivity contribution is -0.384. The molecule has 1 aliphatic rings. The van der Waals surface area contributed by atoms with Crippen molar-refractivity contribution in [3.05, 3.63) is 92.7 Å². The first-order valence-corrected chi connectivity index (χ1v) is 11.0. The summed E-state index contributed by atoms with van der Waals surface area (Å²) in [5.74, 6) is -1.68. The van der Waals surface area contributed by atoms with Gasteiger partial charge in [0, 0.05) is 30.9 Å². The number of benzene rings is 3. The number of morpholine rings is 1. The molecule has 0 atom stereocenters. The molecule has 2 N–H and O–H groups in total. The monoisotopic (exact) mass is 498 g/mol. The summed E-state index contributed by atoms with van der Waals surface area (Å²) in [6.07, 6.45) is 0. The average Bonchev–Trinajstić information content (AvgIpc) is 2.84. The van der Waals surface area contributed by atoms with Gasteiger partial charge in [0.2, 0.25) is 0 Å². The zero-order valence-corrected chi connectivity index (χ0v) is 19.0. The Morgan fingerprint density at radius 2 is 1.69 bits per heavy atom. The molecule has 1 fully saturated rings. The molecule has 0 unspecified atom stereocenters. The molecule has 0 aliphatic carbocycles. The number of amides is 2. The van der Waals surface area contributed by atoms with E-state index in [9.17, 15) is 24.1 Å². The Bertz CT molecular complexity index is 1300. The number of carbonyl (C=O) groups excluding carboxylic acids is 2. The van der Waals surface area contributed by atoms with Gasteiger partial charge in [0.25, 0.3) is 17.5 Å². The van der Waals surface area contributed by atoms with Gasteiger partial charge in [0.1, 0.15) is 5.82 Å². The van der Waals surface area contributed by atoms with E-state index in [1.54, 1.807) is 24.3 Å². The molecule has 1 heterocycles. The Hall–Kier alpha value is -4.02. The van der Waals surface area contributed by atoms with Gasteiger partial charge >= 0.3 is 0 Å². The number of rotatable bonds is 6. The summed E-state index contributed by atoms with van der Waals surface area (Å²) >= 11 is 6.04. The highest BCUT2D eigenvalue weighted by Crippen LogP contribution is 2.26. The molecular weight excluding hydrogens is 479 g/mol. The van der Waals surface area contributed by atoms with Crippen molar-refractivity contribution < 1.29 is 23.6 Å². The maximum Gasteiger partial charge on any atom is 0.270 e. The maximum absolute atomic E-state index is 14.7. The first-order valence-electron chi connectivity index (χ1n) is 10.6. The molecule has 0 aromatic heterocycles.